The van der Waals surface area contributed by atoms with Crippen molar-refractivity contribution in [2.75, 3.05) is 33.9 Å². The number of hydrogen-bond acceptors (Lipinski definition) is 5. The number of guanidine groups is 1. The summed E-state index contributed by atoms with van der Waals surface area (Å²) in [5.41, 5.74) is 2.44. The molecular formula is C22H33IN4O2S. The Morgan fingerprint density at radius 1 is 1.20 bits per heavy atom. The van der Waals surface area contributed by atoms with Crippen LogP contribution < -0.4 is 15.4 Å². The summed E-state index contributed by atoms with van der Waals surface area (Å²) < 4.78 is 10.5. The molecular weight excluding hydrogens is 511 g/mol. The number of hydrogen-bond donors (Lipinski definition) is 2. The van der Waals surface area contributed by atoms with Crippen LogP contribution in [0.2, 0.25) is 0 Å². The first kappa shape index (κ1) is 24.9. The smallest absolute Gasteiger partial charge is 0.191 e. The van der Waals surface area contributed by atoms with Crippen LogP contribution in [-0.2, 0) is 11.3 Å². The maximum Gasteiger partial charge on any atom is 0.191 e. The highest BCUT2D eigenvalue weighted by Crippen LogP contribution is 2.43. The minimum atomic E-state index is 0. The number of ether oxygens (including phenoxy) is 2. The van der Waals surface area contributed by atoms with Gasteiger partial charge < -0.3 is 20.1 Å². The van der Waals surface area contributed by atoms with Crippen molar-refractivity contribution in [1.29, 1.82) is 0 Å². The molecule has 1 aliphatic carbocycles. The van der Waals surface area contributed by atoms with Crippen LogP contribution in [0.15, 0.2) is 34.6 Å². The van der Waals surface area contributed by atoms with Crippen molar-refractivity contribution in [2.24, 2.45) is 10.4 Å². The monoisotopic (exact) mass is 544 g/mol. The fourth-order valence-electron chi connectivity index (χ4n) is 3.53. The third-order valence-corrected chi connectivity index (χ3v) is 6.45. The van der Waals surface area contributed by atoms with E-state index in [1.807, 2.05) is 24.3 Å². The lowest BCUT2D eigenvalue weighted by Gasteiger charge is -2.42. The minimum Gasteiger partial charge on any atom is -0.497 e. The quantitative estimate of drug-likeness (QED) is 0.258. The molecule has 30 heavy (non-hydrogen) atoms. The van der Waals surface area contributed by atoms with E-state index >= 15 is 0 Å². The third kappa shape index (κ3) is 6.81. The Morgan fingerprint density at radius 2 is 1.97 bits per heavy atom. The van der Waals surface area contributed by atoms with Crippen molar-refractivity contribution in [2.45, 2.75) is 39.2 Å². The van der Waals surface area contributed by atoms with Crippen LogP contribution in [0.5, 0.6) is 5.75 Å². The van der Waals surface area contributed by atoms with Crippen molar-refractivity contribution in [3.05, 3.63) is 35.3 Å². The molecule has 1 saturated carbocycles. The average molecular weight is 545 g/mol. The Morgan fingerprint density at radius 3 is 2.57 bits per heavy atom. The van der Waals surface area contributed by atoms with Crippen molar-refractivity contribution in [1.82, 2.24) is 15.6 Å². The van der Waals surface area contributed by atoms with Gasteiger partial charge in [-0.1, -0.05) is 6.42 Å². The molecule has 0 radical (unpaired) electrons. The first-order chi connectivity index (χ1) is 14.2. The molecule has 0 spiro atoms. The van der Waals surface area contributed by atoms with E-state index in [2.05, 4.69) is 22.9 Å². The number of halogens is 1. The van der Waals surface area contributed by atoms with Crippen LogP contribution in [0.3, 0.4) is 0 Å². The molecule has 0 amide bonds. The molecule has 2 N–H and O–H groups in total. The predicted molar refractivity (Wildman–Crippen MR) is 135 cm³/mol. The van der Waals surface area contributed by atoms with E-state index in [1.54, 1.807) is 25.6 Å². The normalized spacial score (nSPS) is 15.1. The second kappa shape index (κ2) is 12.5. The summed E-state index contributed by atoms with van der Waals surface area (Å²) in [4.78, 5) is 9.49. The van der Waals surface area contributed by atoms with Gasteiger partial charge in [0.15, 0.2) is 5.96 Å². The van der Waals surface area contributed by atoms with E-state index in [0.717, 1.165) is 54.1 Å². The van der Waals surface area contributed by atoms with Gasteiger partial charge in [0, 0.05) is 37.7 Å². The molecule has 0 saturated heterocycles. The van der Waals surface area contributed by atoms with Gasteiger partial charge in [-0.2, -0.15) is 0 Å². The maximum atomic E-state index is 5.30. The highest BCUT2D eigenvalue weighted by atomic mass is 127. The summed E-state index contributed by atoms with van der Waals surface area (Å²) >= 11 is 1.64. The highest BCUT2D eigenvalue weighted by molar-refractivity contribution is 14.0. The van der Waals surface area contributed by atoms with Crippen molar-refractivity contribution >= 4 is 41.3 Å². The zero-order chi connectivity index (χ0) is 20.5. The first-order valence-electron chi connectivity index (χ1n) is 10.3. The van der Waals surface area contributed by atoms with Gasteiger partial charge in [-0.05, 0) is 55.9 Å². The average Bonchev–Trinajstić information content (AvgIpc) is 3.20. The number of benzene rings is 1. The zero-order valence-corrected chi connectivity index (χ0v) is 21.2. The Hall–Kier alpha value is -1.39. The van der Waals surface area contributed by atoms with E-state index < -0.39 is 0 Å². The van der Waals surface area contributed by atoms with Gasteiger partial charge in [-0.15, -0.1) is 35.3 Å². The van der Waals surface area contributed by atoms with Crippen LogP contribution in [0, 0.1) is 5.41 Å². The summed E-state index contributed by atoms with van der Waals surface area (Å²) in [6, 6.07) is 7.99. The summed E-state index contributed by atoms with van der Waals surface area (Å²) in [6.07, 6.45) is 4.94. The van der Waals surface area contributed by atoms with Gasteiger partial charge in [0.25, 0.3) is 0 Å². The van der Waals surface area contributed by atoms with E-state index in [0.29, 0.717) is 12.0 Å². The number of rotatable bonds is 10. The second-order valence-corrected chi connectivity index (χ2v) is 8.38. The third-order valence-electron chi connectivity index (χ3n) is 5.51. The Labute approximate surface area is 200 Å². The molecule has 0 bridgehead atoms. The lowest BCUT2D eigenvalue weighted by atomic mass is 9.67. The number of methoxy groups -OCH3 is 2. The Balaban J connectivity index is 0.00000320. The van der Waals surface area contributed by atoms with Crippen LogP contribution >= 0.6 is 35.3 Å². The lowest BCUT2D eigenvalue weighted by Crippen LogP contribution is -2.46. The fraction of sp³-hybridized carbons (Fsp3) is 0.545. The summed E-state index contributed by atoms with van der Waals surface area (Å²) in [5.74, 6) is 1.71. The molecule has 3 rings (SSSR count). The molecule has 8 heteroatoms. The van der Waals surface area contributed by atoms with Crippen LogP contribution in [-0.4, -0.2) is 44.9 Å². The van der Waals surface area contributed by atoms with E-state index in [9.17, 15) is 0 Å². The topological polar surface area (TPSA) is 67.8 Å². The standard InChI is InChI=1S/C22H32N4O2S.HI/c1-4-23-21(25-16-22(10-5-11-22)12-13-27-2)24-14-18-15-29-20(26-18)17-6-8-19(28-3)9-7-17;/h6-9,15H,4-5,10-14,16H2,1-3H3,(H2,23,24,25);1H. The molecule has 0 atom stereocenters. The molecule has 0 aliphatic heterocycles. The molecule has 0 unspecified atom stereocenters. The SMILES string of the molecule is CCNC(=NCc1csc(-c2ccc(OC)cc2)n1)NCC1(CCOC)CCC1.I. The van der Waals surface area contributed by atoms with E-state index in [1.165, 1.54) is 19.3 Å². The van der Waals surface area contributed by atoms with Crippen LogP contribution in [0.4, 0.5) is 0 Å². The summed E-state index contributed by atoms with van der Waals surface area (Å²) in [7, 11) is 3.45. The number of aliphatic imine (C=N–C) groups is 1. The molecule has 1 aliphatic rings. The zero-order valence-electron chi connectivity index (χ0n) is 18.1. The van der Waals surface area contributed by atoms with Crippen LogP contribution in [0.25, 0.3) is 10.6 Å². The molecule has 1 fully saturated rings. The van der Waals surface area contributed by atoms with Gasteiger partial charge >= 0.3 is 0 Å². The van der Waals surface area contributed by atoms with Crippen molar-refractivity contribution < 1.29 is 9.47 Å². The molecule has 2 aromatic rings. The Bertz CT molecular complexity index is 791. The van der Waals surface area contributed by atoms with Gasteiger partial charge in [0.2, 0.25) is 0 Å². The molecule has 1 aromatic heterocycles. The minimum absolute atomic E-state index is 0. The predicted octanol–water partition coefficient (Wildman–Crippen LogP) is 4.70. The number of nitrogens with zero attached hydrogens (tertiary/aromatic N) is 2. The number of nitrogens with one attached hydrogen (secondary N) is 2. The molecule has 1 aromatic carbocycles. The molecule has 1 heterocycles. The largest absolute Gasteiger partial charge is 0.497 e. The van der Waals surface area contributed by atoms with Gasteiger partial charge in [-0.3, -0.25) is 0 Å². The summed E-state index contributed by atoms with van der Waals surface area (Å²) in [5, 5.41) is 9.97. The molecule has 166 valence electrons. The van der Waals surface area contributed by atoms with Gasteiger partial charge in [-0.25, -0.2) is 9.98 Å². The summed E-state index contributed by atoms with van der Waals surface area (Å²) in [6.45, 7) is 5.25. The van der Waals surface area contributed by atoms with Crippen molar-refractivity contribution in [3.63, 3.8) is 0 Å². The van der Waals surface area contributed by atoms with Gasteiger partial charge in [0.05, 0.1) is 19.3 Å². The van der Waals surface area contributed by atoms with E-state index in [-0.39, 0.29) is 24.0 Å². The fourth-order valence-corrected chi connectivity index (χ4v) is 4.35. The van der Waals surface area contributed by atoms with Gasteiger partial charge in [0.1, 0.15) is 10.8 Å². The number of thiazole rings is 1. The highest BCUT2D eigenvalue weighted by Gasteiger charge is 2.36. The lowest BCUT2D eigenvalue weighted by molar-refractivity contribution is 0.0732. The van der Waals surface area contributed by atoms with Crippen LogP contribution in [0.1, 0.15) is 38.3 Å². The second-order valence-electron chi connectivity index (χ2n) is 7.52. The maximum absolute atomic E-state index is 5.30. The van der Waals surface area contributed by atoms with Crippen molar-refractivity contribution in [3.8, 4) is 16.3 Å². The van der Waals surface area contributed by atoms with E-state index in [4.69, 9.17) is 19.5 Å². The molecule has 6 nitrogen and oxygen atoms in total. The first-order valence-corrected chi connectivity index (χ1v) is 11.2. The Kier molecular flexibility index (Phi) is 10.3. The number of aromatic nitrogens is 1.